The van der Waals surface area contributed by atoms with Crippen LogP contribution in [-0.2, 0) is 23.7 Å². The van der Waals surface area contributed by atoms with E-state index in [1.165, 1.54) is 0 Å². The maximum atomic E-state index is 5.64. The van der Waals surface area contributed by atoms with Crippen LogP contribution in [0, 0.1) is 5.41 Å². The van der Waals surface area contributed by atoms with Gasteiger partial charge in [0.1, 0.15) is 0 Å². The summed E-state index contributed by atoms with van der Waals surface area (Å²) < 4.78 is 26.3. The summed E-state index contributed by atoms with van der Waals surface area (Å²) in [6.45, 7) is 3.61. The maximum Gasteiger partial charge on any atom is 0.0637 e. The highest BCUT2D eigenvalue weighted by Crippen LogP contribution is 2.19. The Balaban J connectivity index is 4.05. The highest BCUT2D eigenvalue weighted by atomic mass is 16.5. The van der Waals surface area contributed by atoms with Crippen molar-refractivity contribution in [3.05, 3.63) is 0 Å². The van der Waals surface area contributed by atoms with E-state index >= 15 is 0 Å². The van der Waals surface area contributed by atoms with Crippen molar-refractivity contribution in [2.75, 3.05) is 68.1 Å². The number of ether oxygens (including phenoxy) is 5. The van der Waals surface area contributed by atoms with Gasteiger partial charge < -0.3 is 23.7 Å². The highest BCUT2D eigenvalue weighted by molar-refractivity contribution is 4.78. The molecule has 0 radical (unpaired) electrons. The maximum absolute atomic E-state index is 5.64. The molecule has 0 aromatic carbocycles. The van der Waals surface area contributed by atoms with Crippen molar-refractivity contribution in [1.29, 1.82) is 0 Å². The Kier molecular flexibility index (Phi) is 10.8. The van der Waals surface area contributed by atoms with Gasteiger partial charge in [0.25, 0.3) is 0 Å². The van der Waals surface area contributed by atoms with E-state index in [-0.39, 0.29) is 5.41 Å². The van der Waals surface area contributed by atoms with Crippen LogP contribution in [-0.4, -0.2) is 68.1 Å². The Labute approximate surface area is 104 Å². The Morgan fingerprint density at radius 1 is 0.647 bits per heavy atom. The van der Waals surface area contributed by atoms with Crippen LogP contribution in [0.4, 0.5) is 0 Å². The van der Waals surface area contributed by atoms with Crippen molar-refractivity contribution < 1.29 is 23.7 Å². The van der Waals surface area contributed by atoms with Crippen LogP contribution in [0.25, 0.3) is 0 Å². The third-order valence-electron chi connectivity index (χ3n) is 2.40. The molecule has 0 amide bonds. The summed E-state index contributed by atoms with van der Waals surface area (Å²) in [5, 5.41) is 0. The molecule has 0 spiro atoms. The van der Waals surface area contributed by atoms with E-state index in [0.717, 1.165) is 6.42 Å². The standard InChI is InChI=1S/C12H26O5/c1-13-6-5-7-17-11-12(8-14-2,9-15-3)10-16-4/h5-11H2,1-4H3. The smallest absolute Gasteiger partial charge is 0.0637 e. The van der Waals surface area contributed by atoms with Gasteiger partial charge in [0.05, 0.1) is 31.8 Å². The zero-order valence-corrected chi connectivity index (χ0v) is 11.5. The van der Waals surface area contributed by atoms with Crippen molar-refractivity contribution in [3.8, 4) is 0 Å². The number of hydrogen-bond acceptors (Lipinski definition) is 5. The molecule has 0 saturated heterocycles. The van der Waals surface area contributed by atoms with Crippen molar-refractivity contribution >= 4 is 0 Å². The number of hydrogen-bond donors (Lipinski definition) is 0. The summed E-state index contributed by atoms with van der Waals surface area (Å²) in [4.78, 5) is 0. The van der Waals surface area contributed by atoms with E-state index in [4.69, 9.17) is 23.7 Å². The van der Waals surface area contributed by atoms with Crippen molar-refractivity contribution in [3.63, 3.8) is 0 Å². The van der Waals surface area contributed by atoms with Gasteiger partial charge in [-0.25, -0.2) is 0 Å². The van der Waals surface area contributed by atoms with Gasteiger partial charge in [0.2, 0.25) is 0 Å². The molecule has 104 valence electrons. The predicted octanol–water partition coefficient (Wildman–Crippen LogP) is 0.965. The summed E-state index contributed by atoms with van der Waals surface area (Å²) in [7, 11) is 6.70. The second-order valence-electron chi connectivity index (χ2n) is 4.20. The fourth-order valence-corrected chi connectivity index (χ4v) is 1.76. The molecule has 0 aliphatic rings. The van der Waals surface area contributed by atoms with Gasteiger partial charge in [-0.1, -0.05) is 0 Å². The minimum Gasteiger partial charge on any atom is -0.385 e. The van der Waals surface area contributed by atoms with Gasteiger partial charge >= 0.3 is 0 Å². The lowest BCUT2D eigenvalue weighted by Crippen LogP contribution is -2.41. The Morgan fingerprint density at radius 3 is 1.59 bits per heavy atom. The summed E-state index contributed by atoms with van der Waals surface area (Å²) in [6.07, 6.45) is 0.888. The van der Waals surface area contributed by atoms with E-state index in [1.54, 1.807) is 28.4 Å². The molecular weight excluding hydrogens is 224 g/mol. The third kappa shape index (κ3) is 7.68. The lowest BCUT2D eigenvalue weighted by Gasteiger charge is -2.31. The lowest BCUT2D eigenvalue weighted by molar-refractivity contribution is -0.0860. The Hall–Kier alpha value is -0.200. The fourth-order valence-electron chi connectivity index (χ4n) is 1.76. The molecule has 5 heteroatoms. The zero-order valence-electron chi connectivity index (χ0n) is 11.5. The molecule has 0 aliphatic heterocycles. The average Bonchev–Trinajstić information content (AvgIpc) is 2.30. The number of rotatable bonds is 12. The quantitative estimate of drug-likeness (QED) is 0.483. The second kappa shape index (κ2) is 10.9. The van der Waals surface area contributed by atoms with Gasteiger partial charge in [0, 0.05) is 41.7 Å². The molecule has 0 fully saturated rings. The van der Waals surface area contributed by atoms with Crippen LogP contribution >= 0.6 is 0 Å². The molecule has 17 heavy (non-hydrogen) atoms. The first kappa shape index (κ1) is 16.8. The molecule has 0 saturated carbocycles. The zero-order chi connectivity index (χ0) is 13.0. The molecule has 5 nitrogen and oxygen atoms in total. The molecule has 0 aromatic rings. The van der Waals surface area contributed by atoms with Crippen molar-refractivity contribution in [2.45, 2.75) is 6.42 Å². The molecule has 0 N–H and O–H groups in total. The van der Waals surface area contributed by atoms with Gasteiger partial charge in [-0.05, 0) is 6.42 Å². The van der Waals surface area contributed by atoms with Crippen molar-refractivity contribution in [2.24, 2.45) is 5.41 Å². The van der Waals surface area contributed by atoms with Crippen LogP contribution < -0.4 is 0 Å². The van der Waals surface area contributed by atoms with Crippen LogP contribution in [0.5, 0.6) is 0 Å². The normalized spacial score (nSPS) is 12.0. The van der Waals surface area contributed by atoms with E-state index in [2.05, 4.69) is 0 Å². The van der Waals surface area contributed by atoms with Crippen LogP contribution in [0.15, 0.2) is 0 Å². The minimum atomic E-state index is -0.231. The lowest BCUT2D eigenvalue weighted by atomic mass is 9.92. The molecule has 0 unspecified atom stereocenters. The van der Waals surface area contributed by atoms with Gasteiger partial charge in [-0.2, -0.15) is 0 Å². The highest BCUT2D eigenvalue weighted by Gasteiger charge is 2.31. The number of methoxy groups -OCH3 is 4. The average molecular weight is 250 g/mol. The van der Waals surface area contributed by atoms with Crippen molar-refractivity contribution in [1.82, 2.24) is 0 Å². The fraction of sp³-hybridized carbons (Fsp3) is 1.00. The van der Waals surface area contributed by atoms with Crippen LogP contribution in [0.3, 0.4) is 0 Å². The first-order valence-electron chi connectivity index (χ1n) is 5.78. The van der Waals surface area contributed by atoms with Gasteiger partial charge in [0.15, 0.2) is 0 Å². The van der Waals surface area contributed by atoms with Crippen LogP contribution in [0.1, 0.15) is 6.42 Å². The second-order valence-corrected chi connectivity index (χ2v) is 4.20. The van der Waals surface area contributed by atoms with E-state index < -0.39 is 0 Å². The van der Waals surface area contributed by atoms with Gasteiger partial charge in [-0.3, -0.25) is 0 Å². The summed E-state index contributed by atoms with van der Waals surface area (Å²) in [5.41, 5.74) is -0.231. The Morgan fingerprint density at radius 2 is 1.18 bits per heavy atom. The predicted molar refractivity (Wildman–Crippen MR) is 65.4 cm³/mol. The monoisotopic (exact) mass is 250 g/mol. The first-order chi connectivity index (χ1) is 8.24. The largest absolute Gasteiger partial charge is 0.385 e. The Bertz CT molecular complexity index is 146. The van der Waals surface area contributed by atoms with E-state index in [0.29, 0.717) is 39.6 Å². The van der Waals surface area contributed by atoms with Crippen LogP contribution in [0.2, 0.25) is 0 Å². The topological polar surface area (TPSA) is 46.2 Å². The first-order valence-corrected chi connectivity index (χ1v) is 5.78. The summed E-state index contributed by atoms with van der Waals surface area (Å²) in [5.74, 6) is 0. The minimum absolute atomic E-state index is 0.231. The third-order valence-corrected chi connectivity index (χ3v) is 2.40. The van der Waals surface area contributed by atoms with Gasteiger partial charge in [-0.15, -0.1) is 0 Å². The molecule has 0 aliphatic carbocycles. The summed E-state index contributed by atoms with van der Waals surface area (Å²) >= 11 is 0. The van der Waals surface area contributed by atoms with E-state index in [9.17, 15) is 0 Å². The SMILES string of the molecule is COCCCOCC(COC)(COC)COC. The molecule has 0 atom stereocenters. The molecule has 0 rings (SSSR count). The molecule has 0 bridgehead atoms. The molecular formula is C12H26O5. The molecule has 0 aromatic heterocycles. The molecule has 0 heterocycles. The summed E-state index contributed by atoms with van der Waals surface area (Å²) in [6, 6.07) is 0. The van der Waals surface area contributed by atoms with E-state index in [1.807, 2.05) is 0 Å².